The van der Waals surface area contributed by atoms with Crippen LogP contribution in [0.2, 0.25) is 0 Å². The second-order valence-electron chi connectivity index (χ2n) is 6.53. The van der Waals surface area contributed by atoms with Gasteiger partial charge in [0, 0.05) is 31.1 Å². The van der Waals surface area contributed by atoms with Gasteiger partial charge in [-0.2, -0.15) is 0 Å². The van der Waals surface area contributed by atoms with E-state index in [1.165, 1.54) is 6.07 Å². The molecule has 1 aromatic carbocycles. The first-order valence-corrected chi connectivity index (χ1v) is 9.33. The normalized spacial score (nSPS) is 12.3. The summed E-state index contributed by atoms with van der Waals surface area (Å²) in [6, 6.07) is 9.04. The van der Waals surface area contributed by atoms with Gasteiger partial charge in [-0.15, -0.1) is 0 Å². The Morgan fingerprint density at radius 1 is 1.26 bits per heavy atom. The summed E-state index contributed by atoms with van der Waals surface area (Å²) >= 11 is 0. The summed E-state index contributed by atoms with van der Waals surface area (Å²) in [6.45, 7) is 6.22. The van der Waals surface area contributed by atoms with Crippen molar-refractivity contribution in [3.8, 4) is 0 Å². The van der Waals surface area contributed by atoms with Gasteiger partial charge in [-0.1, -0.05) is 26.0 Å². The number of carbonyl (C=O) groups excluding carboxylic acids is 1. The van der Waals surface area contributed by atoms with Gasteiger partial charge in [-0.25, -0.2) is 9.97 Å². The number of aryl methyl sites for hydroxylation is 2. The van der Waals surface area contributed by atoms with Crippen molar-refractivity contribution in [1.29, 1.82) is 0 Å². The lowest BCUT2D eigenvalue weighted by atomic mass is 10.1. The van der Waals surface area contributed by atoms with E-state index in [0.717, 1.165) is 23.3 Å². The number of aromatic nitrogens is 4. The van der Waals surface area contributed by atoms with E-state index < -0.39 is 0 Å². The summed E-state index contributed by atoms with van der Waals surface area (Å²) in [5.41, 5.74) is 2.38. The molecule has 0 aliphatic heterocycles. The number of hydrogen-bond donors (Lipinski definition) is 2. The Kier molecular flexibility index (Phi) is 5.69. The van der Waals surface area contributed by atoms with E-state index in [0.29, 0.717) is 30.9 Å². The first-order chi connectivity index (χ1) is 13.0. The zero-order valence-electron chi connectivity index (χ0n) is 16.0. The highest BCUT2D eigenvalue weighted by molar-refractivity contribution is 5.84. The van der Waals surface area contributed by atoms with Gasteiger partial charge in [0.2, 0.25) is 5.91 Å². The first kappa shape index (κ1) is 18.8. The van der Waals surface area contributed by atoms with Crippen LogP contribution < -0.4 is 10.9 Å². The highest BCUT2D eigenvalue weighted by atomic mass is 16.2. The van der Waals surface area contributed by atoms with Gasteiger partial charge in [0.25, 0.3) is 5.56 Å². The van der Waals surface area contributed by atoms with Gasteiger partial charge in [0.15, 0.2) is 0 Å². The molecule has 7 nitrogen and oxygen atoms in total. The molecular formula is C20H25N5O2. The summed E-state index contributed by atoms with van der Waals surface area (Å²) < 4.78 is 2.04. The molecule has 0 aliphatic carbocycles. The van der Waals surface area contributed by atoms with Crippen LogP contribution >= 0.6 is 0 Å². The average molecular weight is 367 g/mol. The Balaban J connectivity index is 1.76. The van der Waals surface area contributed by atoms with Gasteiger partial charge in [-0.05, 0) is 25.5 Å². The smallest absolute Gasteiger partial charge is 0.251 e. The molecule has 2 N–H and O–H groups in total. The molecular weight excluding hydrogens is 342 g/mol. The Labute approximate surface area is 157 Å². The van der Waals surface area contributed by atoms with Crippen molar-refractivity contribution < 1.29 is 4.79 Å². The molecule has 142 valence electrons. The molecule has 0 unspecified atom stereocenters. The second-order valence-corrected chi connectivity index (χ2v) is 6.53. The highest BCUT2D eigenvalue weighted by Gasteiger charge is 2.23. The van der Waals surface area contributed by atoms with Crippen molar-refractivity contribution in [1.82, 2.24) is 24.8 Å². The Morgan fingerprint density at radius 3 is 2.74 bits per heavy atom. The van der Waals surface area contributed by atoms with Crippen LogP contribution in [0.3, 0.4) is 0 Å². The molecule has 0 radical (unpaired) electrons. The van der Waals surface area contributed by atoms with Crippen molar-refractivity contribution in [2.45, 2.75) is 46.1 Å². The Morgan fingerprint density at radius 2 is 2.04 bits per heavy atom. The Bertz CT molecular complexity index is 1010. The van der Waals surface area contributed by atoms with Gasteiger partial charge >= 0.3 is 0 Å². The van der Waals surface area contributed by atoms with Crippen LogP contribution in [0.1, 0.15) is 43.7 Å². The van der Waals surface area contributed by atoms with Crippen molar-refractivity contribution in [2.24, 2.45) is 0 Å². The van der Waals surface area contributed by atoms with E-state index in [4.69, 9.17) is 0 Å². The summed E-state index contributed by atoms with van der Waals surface area (Å²) in [7, 11) is 0. The van der Waals surface area contributed by atoms with E-state index in [1.54, 1.807) is 6.92 Å². The van der Waals surface area contributed by atoms with E-state index in [2.05, 4.69) is 20.3 Å². The lowest BCUT2D eigenvalue weighted by molar-refractivity contribution is -0.124. The predicted octanol–water partition coefficient (Wildman–Crippen LogP) is 2.30. The molecule has 0 spiro atoms. The molecule has 2 heterocycles. The van der Waals surface area contributed by atoms with Crippen LogP contribution in [-0.2, 0) is 17.6 Å². The number of amides is 1. The number of carbonyl (C=O) groups is 1. The average Bonchev–Trinajstić information content (AvgIpc) is 3.00. The second kappa shape index (κ2) is 8.16. The van der Waals surface area contributed by atoms with Crippen molar-refractivity contribution in [3.05, 3.63) is 58.0 Å². The van der Waals surface area contributed by atoms with Crippen LogP contribution in [0.5, 0.6) is 0 Å². The van der Waals surface area contributed by atoms with Crippen LogP contribution in [-0.4, -0.2) is 32.0 Å². The highest BCUT2D eigenvalue weighted by Crippen LogP contribution is 2.24. The summed E-state index contributed by atoms with van der Waals surface area (Å²) in [4.78, 5) is 36.0. The number of hydrogen-bond acceptors (Lipinski definition) is 4. The fourth-order valence-electron chi connectivity index (χ4n) is 3.38. The quantitative estimate of drug-likeness (QED) is 0.670. The fraction of sp³-hybridized carbons (Fsp3) is 0.400. The van der Waals surface area contributed by atoms with Gasteiger partial charge in [0.05, 0.1) is 11.0 Å². The number of benzene rings is 1. The molecule has 3 aromatic rings. The number of rotatable bonds is 7. The lowest BCUT2D eigenvalue weighted by Gasteiger charge is -2.19. The SMILES string of the molecule is CCc1nc2ccccc2n1[C@@H](CC)C(=O)NCCc1cc(=O)[nH]c(C)n1. The molecule has 7 heteroatoms. The molecule has 0 saturated carbocycles. The maximum Gasteiger partial charge on any atom is 0.251 e. The monoisotopic (exact) mass is 367 g/mol. The third kappa shape index (κ3) is 4.07. The number of nitrogens with zero attached hydrogens (tertiary/aromatic N) is 3. The van der Waals surface area contributed by atoms with Crippen LogP contribution in [0.25, 0.3) is 11.0 Å². The van der Waals surface area contributed by atoms with Gasteiger partial charge < -0.3 is 14.9 Å². The van der Waals surface area contributed by atoms with E-state index in [1.807, 2.05) is 42.7 Å². The first-order valence-electron chi connectivity index (χ1n) is 9.33. The minimum Gasteiger partial charge on any atom is -0.354 e. The van der Waals surface area contributed by atoms with E-state index in [-0.39, 0.29) is 17.5 Å². The number of H-pyrrole nitrogens is 1. The number of nitrogens with one attached hydrogen (secondary N) is 2. The maximum absolute atomic E-state index is 12.9. The molecule has 2 aromatic heterocycles. The van der Waals surface area contributed by atoms with Crippen molar-refractivity contribution in [2.75, 3.05) is 6.54 Å². The van der Waals surface area contributed by atoms with Crippen molar-refractivity contribution in [3.63, 3.8) is 0 Å². The molecule has 0 saturated heterocycles. The van der Waals surface area contributed by atoms with Crippen LogP contribution in [0.15, 0.2) is 35.1 Å². The summed E-state index contributed by atoms with van der Waals surface area (Å²) in [5, 5.41) is 2.99. The van der Waals surface area contributed by atoms with Crippen LogP contribution in [0.4, 0.5) is 0 Å². The van der Waals surface area contributed by atoms with Gasteiger partial charge in [0.1, 0.15) is 17.7 Å². The zero-order chi connectivity index (χ0) is 19.4. The maximum atomic E-state index is 12.9. The van der Waals surface area contributed by atoms with Crippen molar-refractivity contribution >= 4 is 16.9 Å². The predicted molar refractivity (Wildman–Crippen MR) is 105 cm³/mol. The molecule has 3 rings (SSSR count). The molecule has 1 atom stereocenters. The third-order valence-corrected chi connectivity index (χ3v) is 4.58. The molecule has 0 aliphatic rings. The fourth-order valence-corrected chi connectivity index (χ4v) is 3.38. The van der Waals surface area contributed by atoms with Gasteiger partial charge in [-0.3, -0.25) is 9.59 Å². The minimum absolute atomic E-state index is 0.0445. The van der Waals surface area contributed by atoms with E-state index >= 15 is 0 Å². The minimum atomic E-state index is -0.318. The lowest BCUT2D eigenvalue weighted by Crippen LogP contribution is -2.34. The molecule has 0 bridgehead atoms. The topological polar surface area (TPSA) is 92.7 Å². The zero-order valence-corrected chi connectivity index (χ0v) is 16.0. The molecule has 27 heavy (non-hydrogen) atoms. The largest absolute Gasteiger partial charge is 0.354 e. The number of para-hydroxylation sites is 2. The summed E-state index contributed by atoms with van der Waals surface area (Å²) in [6.07, 6.45) is 1.94. The summed E-state index contributed by atoms with van der Waals surface area (Å²) in [5.74, 6) is 1.44. The number of aromatic amines is 1. The molecule has 0 fully saturated rings. The van der Waals surface area contributed by atoms with Crippen LogP contribution in [0, 0.1) is 6.92 Å². The molecule has 1 amide bonds. The number of imidazole rings is 1. The Hall–Kier alpha value is -2.96. The third-order valence-electron chi connectivity index (χ3n) is 4.58. The number of fused-ring (bicyclic) bond motifs is 1. The standard InChI is InChI=1S/C20H25N5O2/c1-4-16(25-17-9-7-6-8-15(17)24-18(25)5-2)20(27)21-11-10-14-12-19(26)23-13(3)22-14/h6-9,12,16H,4-5,10-11H2,1-3H3,(H,21,27)(H,22,23,26)/t16-/m0/s1. The van der Waals surface area contributed by atoms with E-state index in [9.17, 15) is 9.59 Å².